The Hall–Kier alpha value is -1.20. The van der Waals surface area contributed by atoms with E-state index in [0.717, 1.165) is 16.1 Å². The highest BCUT2D eigenvalue weighted by Gasteiger charge is 2.15. The molecule has 0 fully saturated rings. The summed E-state index contributed by atoms with van der Waals surface area (Å²) in [5, 5.41) is 4.68. The van der Waals surface area contributed by atoms with Crippen molar-refractivity contribution >= 4 is 40.3 Å². The van der Waals surface area contributed by atoms with Crippen LogP contribution in [0.5, 0.6) is 0 Å². The summed E-state index contributed by atoms with van der Waals surface area (Å²) in [6, 6.07) is 5.66. The number of hydrogen-bond donors (Lipinski definition) is 2. The fourth-order valence-electron chi connectivity index (χ4n) is 1.41. The summed E-state index contributed by atoms with van der Waals surface area (Å²) in [7, 11) is 0. The van der Waals surface area contributed by atoms with E-state index in [4.69, 9.17) is 11.6 Å². The number of hydrogen-bond acceptors (Lipinski definition) is 3. The first kappa shape index (κ1) is 11.3. The molecule has 0 radical (unpaired) electrons. The van der Waals surface area contributed by atoms with Gasteiger partial charge in [0.25, 0.3) is 0 Å². The van der Waals surface area contributed by atoms with Crippen LogP contribution < -0.4 is 10.6 Å². The third-order valence-electron chi connectivity index (χ3n) is 2.11. The maximum Gasteiger partial charge on any atom is 0.314 e. The SMILES string of the molecule is O=C(Cl)NCc1ccc2c(c1)NC(=O)CS2. The van der Waals surface area contributed by atoms with Crippen LogP contribution in [0.2, 0.25) is 0 Å². The first-order valence-electron chi connectivity index (χ1n) is 4.64. The minimum atomic E-state index is -0.587. The number of thioether (sulfide) groups is 1. The van der Waals surface area contributed by atoms with Gasteiger partial charge in [0.05, 0.1) is 11.4 Å². The number of rotatable bonds is 2. The first-order valence-corrected chi connectivity index (χ1v) is 6.00. The normalized spacial score (nSPS) is 13.9. The van der Waals surface area contributed by atoms with Gasteiger partial charge in [-0.1, -0.05) is 6.07 Å². The van der Waals surface area contributed by atoms with Crippen LogP contribution in [0, 0.1) is 0 Å². The number of halogens is 1. The summed E-state index contributed by atoms with van der Waals surface area (Å²) in [4.78, 5) is 22.8. The van der Waals surface area contributed by atoms with Crippen molar-refractivity contribution < 1.29 is 9.59 Å². The van der Waals surface area contributed by atoms with E-state index in [1.807, 2.05) is 18.2 Å². The smallest absolute Gasteiger partial charge is 0.314 e. The predicted molar refractivity (Wildman–Crippen MR) is 63.9 cm³/mol. The van der Waals surface area contributed by atoms with E-state index in [1.165, 1.54) is 11.8 Å². The van der Waals surface area contributed by atoms with Crippen LogP contribution in [0.4, 0.5) is 10.5 Å². The van der Waals surface area contributed by atoms with E-state index in [0.29, 0.717) is 12.3 Å². The van der Waals surface area contributed by atoms with Gasteiger partial charge in [0.2, 0.25) is 5.91 Å². The predicted octanol–water partition coefficient (Wildman–Crippen LogP) is 2.18. The third kappa shape index (κ3) is 2.68. The Kier molecular flexibility index (Phi) is 3.36. The maximum atomic E-state index is 11.2. The average molecular weight is 257 g/mol. The molecule has 6 heteroatoms. The zero-order valence-corrected chi connectivity index (χ0v) is 9.82. The standard InChI is InChI=1S/C10H9ClN2O2S/c11-10(15)12-4-6-1-2-8-7(3-6)13-9(14)5-16-8/h1-3H,4-5H2,(H,12,15)(H,13,14). The highest BCUT2D eigenvalue weighted by atomic mass is 35.5. The first-order chi connectivity index (χ1) is 7.65. The lowest BCUT2D eigenvalue weighted by atomic mass is 10.2. The van der Waals surface area contributed by atoms with Gasteiger partial charge in [-0.15, -0.1) is 11.8 Å². The number of benzene rings is 1. The summed E-state index contributed by atoms with van der Waals surface area (Å²) in [6.45, 7) is 0.357. The molecule has 1 aliphatic heterocycles. The molecular weight excluding hydrogens is 248 g/mol. The number of carbonyl (C=O) groups excluding carboxylic acids is 2. The monoisotopic (exact) mass is 256 g/mol. The van der Waals surface area contributed by atoms with Gasteiger partial charge in [0.15, 0.2) is 0 Å². The van der Waals surface area contributed by atoms with E-state index < -0.39 is 5.37 Å². The van der Waals surface area contributed by atoms with Gasteiger partial charge in [-0.3, -0.25) is 9.59 Å². The van der Waals surface area contributed by atoms with Gasteiger partial charge in [0, 0.05) is 11.4 Å². The van der Waals surface area contributed by atoms with Gasteiger partial charge in [-0.25, -0.2) is 0 Å². The van der Waals surface area contributed by atoms with Crippen molar-refractivity contribution in [1.82, 2.24) is 5.32 Å². The Balaban J connectivity index is 2.14. The second-order valence-electron chi connectivity index (χ2n) is 3.29. The Morgan fingerprint density at radius 3 is 3.12 bits per heavy atom. The van der Waals surface area contributed by atoms with Gasteiger partial charge >= 0.3 is 5.37 Å². The summed E-state index contributed by atoms with van der Waals surface area (Å²) in [5.74, 6) is 0.445. The van der Waals surface area contributed by atoms with Crippen LogP contribution in [0.15, 0.2) is 23.1 Å². The van der Waals surface area contributed by atoms with Crippen LogP contribution in [-0.4, -0.2) is 17.0 Å². The quantitative estimate of drug-likeness (QED) is 0.630. The third-order valence-corrected chi connectivity index (χ3v) is 3.32. The molecule has 0 bridgehead atoms. The molecule has 1 heterocycles. The van der Waals surface area contributed by atoms with Gasteiger partial charge in [0.1, 0.15) is 0 Å². The molecule has 1 aromatic carbocycles. The molecule has 0 atom stereocenters. The molecule has 2 N–H and O–H groups in total. The molecule has 84 valence electrons. The average Bonchev–Trinajstić information content (AvgIpc) is 2.25. The minimum Gasteiger partial charge on any atom is -0.339 e. The lowest BCUT2D eigenvalue weighted by Gasteiger charge is -2.17. The number of fused-ring (bicyclic) bond motifs is 1. The molecule has 0 unspecified atom stereocenters. The van der Waals surface area contributed by atoms with E-state index in [9.17, 15) is 9.59 Å². The van der Waals surface area contributed by atoms with E-state index >= 15 is 0 Å². The Morgan fingerprint density at radius 2 is 2.38 bits per heavy atom. The number of anilines is 1. The second-order valence-corrected chi connectivity index (χ2v) is 4.66. The molecule has 0 spiro atoms. The molecule has 0 saturated carbocycles. The summed E-state index contributed by atoms with van der Waals surface area (Å²) in [6.07, 6.45) is 0. The van der Waals surface area contributed by atoms with Gasteiger partial charge in [-0.05, 0) is 29.3 Å². The zero-order valence-electron chi connectivity index (χ0n) is 8.25. The number of amides is 2. The topological polar surface area (TPSA) is 58.2 Å². The molecule has 0 saturated heterocycles. The van der Waals surface area contributed by atoms with Crippen molar-refractivity contribution in [2.24, 2.45) is 0 Å². The second kappa shape index (κ2) is 4.76. The van der Waals surface area contributed by atoms with Crippen molar-refractivity contribution in [3.63, 3.8) is 0 Å². The molecule has 1 aliphatic rings. The van der Waals surface area contributed by atoms with Gasteiger partial charge in [-0.2, -0.15) is 0 Å². The number of carbonyl (C=O) groups is 2. The zero-order chi connectivity index (χ0) is 11.5. The summed E-state index contributed by atoms with van der Waals surface area (Å²) in [5.41, 5.74) is 1.69. The van der Waals surface area contributed by atoms with Crippen LogP contribution in [0.25, 0.3) is 0 Å². The van der Waals surface area contributed by atoms with Crippen molar-refractivity contribution in [2.75, 3.05) is 11.1 Å². The van der Waals surface area contributed by atoms with Crippen molar-refractivity contribution in [3.05, 3.63) is 23.8 Å². The molecule has 4 nitrogen and oxygen atoms in total. The molecule has 1 aromatic rings. The van der Waals surface area contributed by atoms with E-state index in [2.05, 4.69) is 10.6 Å². The fraction of sp³-hybridized carbons (Fsp3) is 0.200. The lowest BCUT2D eigenvalue weighted by Crippen LogP contribution is -2.20. The van der Waals surface area contributed by atoms with E-state index in [-0.39, 0.29) is 5.91 Å². The van der Waals surface area contributed by atoms with Crippen LogP contribution >= 0.6 is 23.4 Å². The summed E-state index contributed by atoms with van der Waals surface area (Å²) < 4.78 is 0. The molecular formula is C10H9ClN2O2S. The van der Waals surface area contributed by atoms with Crippen molar-refractivity contribution in [1.29, 1.82) is 0 Å². The summed E-state index contributed by atoms with van der Waals surface area (Å²) >= 11 is 6.67. The fourth-order valence-corrected chi connectivity index (χ4v) is 2.27. The lowest BCUT2D eigenvalue weighted by molar-refractivity contribution is -0.113. The van der Waals surface area contributed by atoms with Crippen molar-refractivity contribution in [2.45, 2.75) is 11.4 Å². The largest absolute Gasteiger partial charge is 0.339 e. The molecule has 0 aromatic heterocycles. The van der Waals surface area contributed by atoms with E-state index in [1.54, 1.807) is 0 Å². The number of nitrogens with one attached hydrogen (secondary N) is 2. The minimum absolute atomic E-state index is 0.00368. The van der Waals surface area contributed by atoms with Crippen LogP contribution in [0.1, 0.15) is 5.56 Å². The Bertz CT molecular complexity index is 450. The van der Waals surface area contributed by atoms with Crippen LogP contribution in [0.3, 0.4) is 0 Å². The highest BCUT2D eigenvalue weighted by molar-refractivity contribution is 8.00. The molecule has 2 rings (SSSR count). The maximum absolute atomic E-state index is 11.2. The van der Waals surface area contributed by atoms with Gasteiger partial charge < -0.3 is 10.6 Å². The molecule has 2 amide bonds. The van der Waals surface area contributed by atoms with Crippen LogP contribution in [-0.2, 0) is 11.3 Å². The van der Waals surface area contributed by atoms with Crippen molar-refractivity contribution in [3.8, 4) is 0 Å². The Labute approximate surface area is 102 Å². The Morgan fingerprint density at radius 1 is 1.56 bits per heavy atom. The molecule has 16 heavy (non-hydrogen) atoms. The highest BCUT2D eigenvalue weighted by Crippen LogP contribution is 2.31. The molecule has 0 aliphatic carbocycles.